The van der Waals surface area contributed by atoms with Gasteiger partial charge in [-0.2, -0.15) is 0 Å². The molecular formula is C9H17N3O2S. The number of aromatic amines is 1. The van der Waals surface area contributed by atoms with E-state index in [2.05, 4.69) is 9.71 Å². The largest absolute Gasteiger partial charge is 0.366 e. The number of aromatic nitrogens is 1. The van der Waals surface area contributed by atoms with Crippen molar-refractivity contribution in [3.8, 4) is 0 Å². The lowest BCUT2D eigenvalue weighted by Gasteiger charge is -2.19. The topological polar surface area (TPSA) is 88.0 Å². The molecule has 1 heterocycles. The number of rotatable bonds is 5. The van der Waals surface area contributed by atoms with Gasteiger partial charge in [-0.25, -0.2) is 13.1 Å². The SMILES string of the molecule is CC(C)C(CN)NS(=O)(=O)c1cc[nH]c1. The van der Waals surface area contributed by atoms with Crippen LogP contribution in [-0.4, -0.2) is 26.0 Å². The van der Waals surface area contributed by atoms with Crippen molar-refractivity contribution >= 4 is 10.0 Å². The average molecular weight is 231 g/mol. The molecule has 1 unspecified atom stereocenters. The number of nitrogens with one attached hydrogen (secondary N) is 2. The maximum absolute atomic E-state index is 11.8. The van der Waals surface area contributed by atoms with Gasteiger partial charge in [-0.1, -0.05) is 13.8 Å². The summed E-state index contributed by atoms with van der Waals surface area (Å²) >= 11 is 0. The minimum absolute atomic E-state index is 0.170. The molecule has 0 saturated carbocycles. The van der Waals surface area contributed by atoms with Crippen LogP contribution in [-0.2, 0) is 10.0 Å². The zero-order valence-electron chi connectivity index (χ0n) is 8.90. The number of hydrogen-bond acceptors (Lipinski definition) is 3. The highest BCUT2D eigenvalue weighted by atomic mass is 32.2. The molecule has 0 aliphatic rings. The normalized spacial score (nSPS) is 14.4. The second kappa shape index (κ2) is 4.78. The average Bonchev–Trinajstić information content (AvgIpc) is 2.67. The van der Waals surface area contributed by atoms with Crippen LogP contribution in [0.25, 0.3) is 0 Å². The molecule has 5 nitrogen and oxygen atoms in total. The van der Waals surface area contributed by atoms with Gasteiger partial charge in [0.2, 0.25) is 10.0 Å². The molecule has 1 aromatic rings. The van der Waals surface area contributed by atoms with Crippen LogP contribution in [0, 0.1) is 5.92 Å². The Labute approximate surface area is 90.1 Å². The molecule has 0 bridgehead atoms. The summed E-state index contributed by atoms with van der Waals surface area (Å²) in [6.07, 6.45) is 3.01. The Bertz CT molecular complexity index is 383. The zero-order valence-corrected chi connectivity index (χ0v) is 9.71. The highest BCUT2D eigenvalue weighted by molar-refractivity contribution is 7.89. The molecule has 6 heteroatoms. The standard InChI is InChI=1S/C9H17N3O2S/c1-7(2)9(5-10)12-15(13,14)8-3-4-11-6-8/h3-4,6-7,9,11-12H,5,10H2,1-2H3. The molecule has 0 radical (unpaired) electrons. The Balaban J connectivity index is 2.81. The lowest BCUT2D eigenvalue weighted by atomic mass is 10.1. The van der Waals surface area contributed by atoms with Crippen LogP contribution < -0.4 is 10.5 Å². The van der Waals surface area contributed by atoms with Gasteiger partial charge in [0.05, 0.1) is 4.90 Å². The summed E-state index contributed by atoms with van der Waals surface area (Å²) in [7, 11) is -3.43. The monoisotopic (exact) mass is 231 g/mol. The number of hydrogen-bond donors (Lipinski definition) is 3. The summed E-state index contributed by atoms with van der Waals surface area (Å²) < 4.78 is 26.1. The first-order valence-corrected chi connectivity index (χ1v) is 6.31. The first-order valence-electron chi connectivity index (χ1n) is 4.82. The lowest BCUT2D eigenvalue weighted by Crippen LogP contribution is -2.43. The van der Waals surface area contributed by atoms with E-state index in [1.165, 1.54) is 12.3 Å². The number of nitrogens with two attached hydrogens (primary N) is 1. The van der Waals surface area contributed by atoms with Crippen LogP contribution in [0.5, 0.6) is 0 Å². The maximum Gasteiger partial charge on any atom is 0.242 e. The van der Waals surface area contributed by atoms with Crippen LogP contribution in [0.4, 0.5) is 0 Å². The summed E-state index contributed by atoms with van der Waals surface area (Å²) in [5, 5.41) is 0. The molecule has 0 amide bonds. The number of sulfonamides is 1. The van der Waals surface area contributed by atoms with Crippen molar-refractivity contribution in [1.82, 2.24) is 9.71 Å². The third-order valence-electron chi connectivity index (χ3n) is 2.24. The van der Waals surface area contributed by atoms with E-state index in [1.54, 1.807) is 6.20 Å². The second-order valence-corrected chi connectivity index (χ2v) is 5.47. The van der Waals surface area contributed by atoms with Crippen molar-refractivity contribution in [2.24, 2.45) is 11.7 Å². The van der Waals surface area contributed by atoms with Crippen molar-refractivity contribution < 1.29 is 8.42 Å². The highest BCUT2D eigenvalue weighted by Crippen LogP contribution is 2.09. The third-order valence-corrected chi connectivity index (χ3v) is 3.73. The molecule has 0 spiro atoms. The van der Waals surface area contributed by atoms with Crippen LogP contribution in [0.2, 0.25) is 0 Å². The lowest BCUT2D eigenvalue weighted by molar-refractivity contribution is 0.455. The van der Waals surface area contributed by atoms with Crippen molar-refractivity contribution in [1.29, 1.82) is 0 Å². The fourth-order valence-electron chi connectivity index (χ4n) is 1.20. The van der Waals surface area contributed by atoms with Gasteiger partial charge in [0.15, 0.2) is 0 Å². The molecule has 0 aliphatic heterocycles. The molecule has 15 heavy (non-hydrogen) atoms. The fraction of sp³-hybridized carbons (Fsp3) is 0.556. The van der Waals surface area contributed by atoms with E-state index in [0.29, 0.717) is 6.54 Å². The van der Waals surface area contributed by atoms with Gasteiger partial charge in [-0.3, -0.25) is 0 Å². The van der Waals surface area contributed by atoms with Crippen molar-refractivity contribution in [2.45, 2.75) is 24.8 Å². The summed E-state index contributed by atoms with van der Waals surface area (Å²) in [4.78, 5) is 2.94. The summed E-state index contributed by atoms with van der Waals surface area (Å²) in [6, 6.07) is 1.28. The predicted octanol–water partition coefficient (Wildman–Crippen LogP) is 0.276. The van der Waals surface area contributed by atoms with Gasteiger partial charge >= 0.3 is 0 Å². The van der Waals surface area contributed by atoms with Crippen molar-refractivity contribution in [3.05, 3.63) is 18.5 Å². The molecule has 86 valence electrons. The van der Waals surface area contributed by atoms with Crippen LogP contribution in [0.1, 0.15) is 13.8 Å². The summed E-state index contributed by atoms with van der Waals surface area (Å²) in [5.41, 5.74) is 5.50. The summed E-state index contributed by atoms with van der Waals surface area (Å²) in [5.74, 6) is 0.170. The fourth-order valence-corrected chi connectivity index (χ4v) is 2.57. The van der Waals surface area contributed by atoms with Crippen LogP contribution in [0.3, 0.4) is 0 Å². The van der Waals surface area contributed by atoms with E-state index < -0.39 is 10.0 Å². The Morgan fingerprint density at radius 2 is 2.20 bits per heavy atom. The van der Waals surface area contributed by atoms with E-state index in [1.807, 2.05) is 13.8 Å². The van der Waals surface area contributed by atoms with E-state index in [-0.39, 0.29) is 16.9 Å². The van der Waals surface area contributed by atoms with E-state index in [4.69, 9.17) is 5.73 Å². The molecule has 4 N–H and O–H groups in total. The second-order valence-electron chi connectivity index (χ2n) is 3.75. The van der Waals surface area contributed by atoms with Gasteiger partial charge in [0, 0.05) is 25.0 Å². The Morgan fingerprint density at radius 3 is 2.60 bits per heavy atom. The van der Waals surface area contributed by atoms with Crippen molar-refractivity contribution in [2.75, 3.05) is 6.54 Å². The minimum Gasteiger partial charge on any atom is -0.366 e. The molecule has 0 aromatic carbocycles. The minimum atomic E-state index is -3.43. The van der Waals surface area contributed by atoms with Crippen LogP contribution in [0.15, 0.2) is 23.4 Å². The number of H-pyrrole nitrogens is 1. The third kappa shape index (κ3) is 3.05. The maximum atomic E-state index is 11.8. The molecule has 0 fully saturated rings. The molecular weight excluding hydrogens is 214 g/mol. The quantitative estimate of drug-likeness (QED) is 0.680. The van der Waals surface area contributed by atoms with Gasteiger partial charge in [0.1, 0.15) is 0 Å². The van der Waals surface area contributed by atoms with Gasteiger partial charge < -0.3 is 10.7 Å². The van der Waals surface area contributed by atoms with Crippen molar-refractivity contribution in [3.63, 3.8) is 0 Å². The zero-order chi connectivity index (χ0) is 11.5. The van der Waals surface area contributed by atoms with Crippen LogP contribution >= 0.6 is 0 Å². The first-order chi connectivity index (χ1) is 6.97. The molecule has 0 aliphatic carbocycles. The molecule has 1 aromatic heterocycles. The first kappa shape index (κ1) is 12.2. The van der Waals surface area contributed by atoms with E-state index in [0.717, 1.165) is 0 Å². The van der Waals surface area contributed by atoms with Gasteiger partial charge in [-0.05, 0) is 12.0 Å². The molecule has 1 rings (SSSR count). The van der Waals surface area contributed by atoms with Gasteiger partial charge in [-0.15, -0.1) is 0 Å². The van der Waals surface area contributed by atoms with E-state index in [9.17, 15) is 8.42 Å². The van der Waals surface area contributed by atoms with Gasteiger partial charge in [0.25, 0.3) is 0 Å². The Morgan fingerprint density at radius 1 is 1.53 bits per heavy atom. The Kier molecular flexibility index (Phi) is 3.90. The summed E-state index contributed by atoms with van der Waals surface area (Å²) in [6.45, 7) is 4.15. The smallest absolute Gasteiger partial charge is 0.242 e. The Hall–Kier alpha value is -0.850. The van der Waals surface area contributed by atoms with E-state index >= 15 is 0 Å². The molecule has 0 saturated heterocycles. The highest BCUT2D eigenvalue weighted by Gasteiger charge is 2.21. The predicted molar refractivity (Wildman–Crippen MR) is 58.8 cm³/mol. The molecule has 1 atom stereocenters.